The first kappa shape index (κ1) is 28.7. The molecule has 0 bridgehead atoms. The Balaban J connectivity index is 1.49. The van der Waals surface area contributed by atoms with Crippen LogP contribution >= 0.6 is 0 Å². The van der Waals surface area contributed by atoms with Crippen LogP contribution in [0.5, 0.6) is 0 Å². The molecule has 2 aliphatic heterocycles. The zero-order valence-corrected chi connectivity index (χ0v) is 24.1. The van der Waals surface area contributed by atoms with Gasteiger partial charge >= 0.3 is 13.1 Å². The number of benzene rings is 2. The minimum absolute atomic E-state index is 0.0786. The van der Waals surface area contributed by atoms with Crippen LogP contribution in [0.4, 0.5) is 8.78 Å². The van der Waals surface area contributed by atoms with Crippen molar-refractivity contribution in [2.75, 3.05) is 26.7 Å². The number of likely N-dealkylation sites (tertiary alicyclic amines) is 1. The first-order chi connectivity index (χ1) is 19.0. The lowest BCUT2D eigenvalue weighted by atomic mass is 9.70. The highest BCUT2D eigenvalue weighted by atomic mass is 19.3. The van der Waals surface area contributed by atoms with Crippen LogP contribution in [0.15, 0.2) is 53.5 Å². The maximum absolute atomic E-state index is 12.5. The summed E-state index contributed by atoms with van der Waals surface area (Å²) in [5, 5.41) is 0. The van der Waals surface area contributed by atoms with E-state index in [2.05, 4.69) is 58.0 Å². The van der Waals surface area contributed by atoms with E-state index in [-0.39, 0.29) is 12.4 Å². The zero-order chi connectivity index (χ0) is 28.7. The Labute approximate surface area is 236 Å². The smallest absolute Gasteiger partial charge is 0.465 e. The van der Waals surface area contributed by atoms with Crippen LogP contribution < -0.4 is 0 Å². The Kier molecular flexibility index (Phi) is 8.06. The van der Waals surface area contributed by atoms with E-state index in [1.165, 1.54) is 12.7 Å². The van der Waals surface area contributed by atoms with E-state index in [1.807, 2.05) is 23.1 Å². The molecule has 1 aliphatic carbocycles. The summed E-state index contributed by atoms with van der Waals surface area (Å²) in [5.41, 5.74) is 7.41. The van der Waals surface area contributed by atoms with Gasteiger partial charge in [-0.1, -0.05) is 36.4 Å². The first-order valence-corrected chi connectivity index (χ1v) is 14.1. The quantitative estimate of drug-likeness (QED) is 0.288. The Morgan fingerprint density at radius 2 is 1.73 bits per heavy atom. The Bertz CT molecular complexity index is 1310. The van der Waals surface area contributed by atoms with Gasteiger partial charge in [-0.15, -0.1) is 0 Å². The van der Waals surface area contributed by atoms with Gasteiger partial charge in [-0.3, -0.25) is 4.90 Å². The number of halogens is 2. The molecule has 0 N–H and O–H groups in total. The number of hydrogen-bond acceptors (Lipinski definition) is 5. The summed E-state index contributed by atoms with van der Waals surface area (Å²) < 4.78 is 43.0. The number of aryl methyl sites for hydroxylation is 1. The molecule has 2 heterocycles. The van der Waals surface area contributed by atoms with Gasteiger partial charge in [0, 0.05) is 26.1 Å². The largest absolute Gasteiger partial charge is 0.491 e. The van der Waals surface area contributed by atoms with Crippen LogP contribution in [0.25, 0.3) is 11.6 Å². The van der Waals surface area contributed by atoms with Crippen molar-refractivity contribution in [3.8, 4) is 0 Å². The fourth-order valence-electron chi connectivity index (χ4n) is 5.66. The zero-order valence-electron chi connectivity index (χ0n) is 24.1. The number of carbonyl (C=O) groups excluding carboxylic acids is 1. The van der Waals surface area contributed by atoms with E-state index >= 15 is 0 Å². The molecule has 0 atom stereocenters. The molecule has 2 aromatic rings. The molecular formula is C32H38BF2NO4. The molecule has 0 aromatic heterocycles. The first-order valence-electron chi connectivity index (χ1n) is 14.1. The minimum atomic E-state index is -2.25. The molecule has 212 valence electrons. The van der Waals surface area contributed by atoms with Gasteiger partial charge in [0.15, 0.2) is 0 Å². The van der Waals surface area contributed by atoms with Crippen molar-refractivity contribution in [1.29, 1.82) is 0 Å². The van der Waals surface area contributed by atoms with Gasteiger partial charge in [-0.25, -0.2) is 13.6 Å². The number of carbonyl (C=O) groups is 1. The van der Waals surface area contributed by atoms with Crippen LogP contribution in [-0.2, 0) is 20.5 Å². The SMILES string of the molecule is COC(=O)c1ccc2c(c1)CCCC(B1OC(C)(C)C(C)(C)O1)=C2c1ccc(C=C2CN(CCC(F)F)C2)cc1. The van der Waals surface area contributed by atoms with Crippen molar-refractivity contribution >= 4 is 24.7 Å². The maximum Gasteiger partial charge on any atom is 0.491 e. The summed E-state index contributed by atoms with van der Waals surface area (Å²) in [6, 6.07) is 14.3. The molecule has 3 aliphatic rings. The number of methoxy groups -OCH3 is 1. The second kappa shape index (κ2) is 11.2. The summed E-state index contributed by atoms with van der Waals surface area (Å²) in [5.74, 6) is -0.343. The van der Waals surface area contributed by atoms with E-state index < -0.39 is 24.7 Å². The maximum atomic E-state index is 12.5. The van der Waals surface area contributed by atoms with Crippen molar-refractivity contribution in [2.45, 2.75) is 71.0 Å². The normalized spacial score (nSPS) is 20.3. The summed E-state index contributed by atoms with van der Waals surface area (Å²) in [6.45, 7) is 10.2. The highest BCUT2D eigenvalue weighted by molar-refractivity contribution is 6.56. The Hall–Kier alpha value is -2.81. The lowest BCUT2D eigenvalue weighted by molar-refractivity contribution is 0.00578. The summed E-state index contributed by atoms with van der Waals surface area (Å²) >= 11 is 0. The second-order valence-corrected chi connectivity index (χ2v) is 12.0. The van der Waals surface area contributed by atoms with Crippen LogP contribution in [0.3, 0.4) is 0 Å². The lowest BCUT2D eigenvalue weighted by Gasteiger charge is -2.34. The van der Waals surface area contributed by atoms with Gasteiger partial charge < -0.3 is 14.0 Å². The molecule has 40 heavy (non-hydrogen) atoms. The molecule has 5 nitrogen and oxygen atoms in total. The Morgan fingerprint density at radius 3 is 2.35 bits per heavy atom. The average molecular weight is 549 g/mol. The monoisotopic (exact) mass is 549 g/mol. The van der Waals surface area contributed by atoms with Crippen molar-refractivity contribution in [2.24, 2.45) is 0 Å². The minimum Gasteiger partial charge on any atom is -0.465 e. The van der Waals surface area contributed by atoms with Gasteiger partial charge in [0.2, 0.25) is 6.43 Å². The standard InChI is InChI=1S/C32H38BF2NO4/c1-31(2)32(3,4)40-33(39-31)27-8-6-7-24-18-25(30(37)38-5)13-14-26(24)29(27)23-11-9-21(10-12-23)17-22-19-36(20-22)16-15-28(34)35/h9-14,17-18,28H,6-8,15-16,19-20H2,1-5H3. The number of allylic oxidation sites excluding steroid dienone is 1. The van der Waals surface area contributed by atoms with E-state index in [4.69, 9.17) is 14.0 Å². The third-order valence-electron chi connectivity index (χ3n) is 8.63. The Morgan fingerprint density at radius 1 is 1.05 bits per heavy atom. The summed E-state index contributed by atoms with van der Waals surface area (Å²) in [4.78, 5) is 14.3. The van der Waals surface area contributed by atoms with Crippen molar-refractivity contribution in [3.63, 3.8) is 0 Å². The number of rotatable bonds is 7. The van der Waals surface area contributed by atoms with Crippen molar-refractivity contribution in [1.82, 2.24) is 4.90 Å². The van der Waals surface area contributed by atoms with E-state index in [0.717, 1.165) is 65.7 Å². The van der Waals surface area contributed by atoms with Crippen LogP contribution in [-0.4, -0.2) is 62.4 Å². The number of esters is 1. The number of fused-ring (bicyclic) bond motifs is 1. The molecule has 2 fully saturated rings. The van der Waals surface area contributed by atoms with E-state index in [1.54, 1.807) is 0 Å². The molecule has 2 aromatic carbocycles. The van der Waals surface area contributed by atoms with Gasteiger partial charge in [-0.05, 0) is 98.0 Å². The van der Waals surface area contributed by atoms with Gasteiger partial charge in [0.05, 0.1) is 23.9 Å². The molecule has 0 amide bonds. The van der Waals surface area contributed by atoms with Crippen molar-refractivity contribution < 1.29 is 27.6 Å². The van der Waals surface area contributed by atoms with Gasteiger partial charge in [0.1, 0.15) is 0 Å². The molecule has 0 saturated carbocycles. The lowest BCUT2D eigenvalue weighted by Crippen LogP contribution is -2.41. The number of ether oxygens (including phenoxy) is 1. The summed E-state index contributed by atoms with van der Waals surface area (Å²) in [7, 11) is 0.930. The molecular weight excluding hydrogens is 511 g/mol. The number of alkyl halides is 2. The molecule has 0 unspecified atom stereocenters. The van der Waals surface area contributed by atoms with Gasteiger partial charge in [0.25, 0.3) is 0 Å². The predicted octanol–water partition coefficient (Wildman–Crippen LogP) is 6.60. The topological polar surface area (TPSA) is 48.0 Å². The molecule has 8 heteroatoms. The van der Waals surface area contributed by atoms with Crippen molar-refractivity contribution in [3.05, 3.63) is 81.3 Å². The van der Waals surface area contributed by atoms with Crippen LogP contribution in [0, 0.1) is 0 Å². The third-order valence-corrected chi connectivity index (χ3v) is 8.63. The van der Waals surface area contributed by atoms with E-state index in [9.17, 15) is 13.6 Å². The third kappa shape index (κ3) is 5.81. The molecule has 2 saturated heterocycles. The molecule has 5 rings (SSSR count). The average Bonchev–Trinajstić information content (AvgIpc) is 3.01. The van der Waals surface area contributed by atoms with Gasteiger partial charge in [-0.2, -0.15) is 0 Å². The highest BCUT2D eigenvalue weighted by Crippen LogP contribution is 2.44. The molecule has 0 spiro atoms. The number of nitrogens with zero attached hydrogens (tertiary/aromatic N) is 1. The fraction of sp³-hybridized carbons (Fsp3) is 0.469. The summed E-state index contributed by atoms with van der Waals surface area (Å²) in [6.07, 6.45) is 2.37. The number of hydrogen-bond donors (Lipinski definition) is 0. The van der Waals surface area contributed by atoms with Crippen LogP contribution in [0.2, 0.25) is 0 Å². The second-order valence-electron chi connectivity index (χ2n) is 12.0. The highest BCUT2D eigenvalue weighted by Gasteiger charge is 2.53. The van der Waals surface area contributed by atoms with Crippen LogP contribution in [0.1, 0.15) is 79.6 Å². The molecule has 0 radical (unpaired) electrons. The fourth-order valence-corrected chi connectivity index (χ4v) is 5.66. The van der Waals surface area contributed by atoms with E-state index in [0.29, 0.717) is 12.1 Å². The predicted molar refractivity (Wildman–Crippen MR) is 154 cm³/mol.